The highest BCUT2D eigenvalue weighted by Crippen LogP contribution is 2.28. The summed E-state index contributed by atoms with van der Waals surface area (Å²) < 4.78 is 11.5. The third kappa shape index (κ3) is 3.91. The maximum absolute atomic E-state index is 11.7. The first-order valence-corrected chi connectivity index (χ1v) is 8.27. The number of aliphatic carboxylic acids is 1. The molecule has 0 bridgehead atoms. The van der Waals surface area contributed by atoms with E-state index in [4.69, 9.17) is 9.47 Å². The number of hydrogen-bond acceptors (Lipinski definition) is 3. The summed E-state index contributed by atoms with van der Waals surface area (Å²) in [6.45, 7) is 2.43. The van der Waals surface area contributed by atoms with Crippen LogP contribution in [-0.4, -0.2) is 23.8 Å². The van der Waals surface area contributed by atoms with Crippen molar-refractivity contribution in [1.29, 1.82) is 0 Å². The number of carboxylic acids is 1. The third-order valence-corrected chi connectivity index (χ3v) is 3.97. The van der Waals surface area contributed by atoms with Crippen molar-refractivity contribution < 1.29 is 19.4 Å². The van der Waals surface area contributed by atoms with Gasteiger partial charge in [-0.2, -0.15) is 0 Å². The number of ether oxygens (including phenoxy) is 2. The van der Waals surface area contributed by atoms with E-state index in [9.17, 15) is 9.90 Å². The first kappa shape index (κ1) is 16.8. The summed E-state index contributed by atoms with van der Waals surface area (Å²) in [4.78, 5) is 11.7. The molecule has 4 heteroatoms. The van der Waals surface area contributed by atoms with E-state index in [2.05, 4.69) is 0 Å². The zero-order valence-electron chi connectivity index (χ0n) is 14.0. The Morgan fingerprint density at radius 2 is 1.64 bits per heavy atom. The van der Waals surface area contributed by atoms with Crippen molar-refractivity contribution in [2.45, 2.75) is 19.4 Å². The van der Waals surface area contributed by atoms with Gasteiger partial charge in [-0.3, -0.25) is 0 Å². The summed E-state index contributed by atoms with van der Waals surface area (Å²) in [6.07, 6.45) is -0.762. The monoisotopic (exact) mass is 336 g/mol. The van der Waals surface area contributed by atoms with E-state index in [0.29, 0.717) is 18.1 Å². The molecule has 0 saturated heterocycles. The van der Waals surface area contributed by atoms with Gasteiger partial charge < -0.3 is 14.6 Å². The van der Waals surface area contributed by atoms with Gasteiger partial charge in [0.1, 0.15) is 11.5 Å². The molecule has 1 atom stereocenters. The lowest BCUT2D eigenvalue weighted by Gasteiger charge is -2.18. The Morgan fingerprint density at radius 1 is 0.960 bits per heavy atom. The number of fused-ring (bicyclic) bond motifs is 1. The van der Waals surface area contributed by atoms with E-state index in [1.54, 1.807) is 6.07 Å². The van der Waals surface area contributed by atoms with Crippen LogP contribution in [0.4, 0.5) is 0 Å². The second-order valence-electron chi connectivity index (χ2n) is 5.67. The molecule has 0 heterocycles. The van der Waals surface area contributed by atoms with Gasteiger partial charge >= 0.3 is 5.97 Å². The zero-order valence-corrected chi connectivity index (χ0v) is 14.0. The summed E-state index contributed by atoms with van der Waals surface area (Å²) in [5.74, 6) is 0.261. The first-order valence-electron chi connectivity index (χ1n) is 8.27. The van der Waals surface area contributed by atoms with E-state index < -0.39 is 12.1 Å². The van der Waals surface area contributed by atoms with Gasteiger partial charge in [0.05, 0.1) is 6.61 Å². The van der Waals surface area contributed by atoms with Crippen LogP contribution in [0.5, 0.6) is 11.5 Å². The molecule has 0 aliphatic rings. The lowest BCUT2D eigenvalue weighted by molar-refractivity contribution is -0.144. The van der Waals surface area contributed by atoms with E-state index in [1.807, 2.05) is 67.6 Å². The molecule has 3 aromatic carbocycles. The van der Waals surface area contributed by atoms with E-state index >= 15 is 0 Å². The van der Waals surface area contributed by atoms with E-state index in [1.165, 1.54) is 0 Å². The van der Waals surface area contributed by atoms with Crippen molar-refractivity contribution in [1.82, 2.24) is 0 Å². The van der Waals surface area contributed by atoms with Gasteiger partial charge in [-0.05, 0) is 30.0 Å². The van der Waals surface area contributed by atoms with Crippen LogP contribution in [0.15, 0.2) is 66.7 Å². The SMILES string of the molecule is CCOc1ccccc1CC(Oc1cccc2ccccc12)C(=O)O. The predicted molar refractivity (Wildman–Crippen MR) is 97.3 cm³/mol. The quantitative estimate of drug-likeness (QED) is 0.698. The lowest BCUT2D eigenvalue weighted by Crippen LogP contribution is -2.29. The maximum Gasteiger partial charge on any atom is 0.345 e. The Balaban J connectivity index is 1.88. The van der Waals surface area contributed by atoms with Gasteiger partial charge in [-0.25, -0.2) is 4.79 Å². The highest BCUT2D eigenvalue weighted by atomic mass is 16.5. The van der Waals surface area contributed by atoms with Crippen LogP contribution in [0, 0.1) is 0 Å². The minimum absolute atomic E-state index is 0.231. The highest BCUT2D eigenvalue weighted by molar-refractivity contribution is 5.88. The summed E-state index contributed by atoms with van der Waals surface area (Å²) in [6, 6.07) is 20.8. The van der Waals surface area contributed by atoms with Gasteiger partial charge in [0.15, 0.2) is 6.10 Å². The van der Waals surface area contributed by atoms with Crippen LogP contribution >= 0.6 is 0 Å². The Labute approximate surface area is 146 Å². The molecule has 0 amide bonds. The lowest BCUT2D eigenvalue weighted by atomic mass is 10.1. The molecular weight excluding hydrogens is 316 g/mol. The molecule has 0 fully saturated rings. The van der Waals surface area contributed by atoms with Gasteiger partial charge in [0.25, 0.3) is 0 Å². The fourth-order valence-electron chi connectivity index (χ4n) is 2.80. The Hall–Kier alpha value is -3.01. The Morgan fingerprint density at radius 3 is 2.44 bits per heavy atom. The molecule has 1 unspecified atom stereocenters. The Bertz CT molecular complexity index is 867. The molecule has 3 rings (SSSR count). The van der Waals surface area contributed by atoms with Crippen molar-refractivity contribution in [3.05, 3.63) is 72.3 Å². The van der Waals surface area contributed by atoms with Crippen molar-refractivity contribution in [3.8, 4) is 11.5 Å². The fourth-order valence-corrected chi connectivity index (χ4v) is 2.80. The third-order valence-electron chi connectivity index (χ3n) is 3.97. The Kier molecular flexibility index (Phi) is 5.19. The first-order chi connectivity index (χ1) is 12.2. The zero-order chi connectivity index (χ0) is 17.6. The molecule has 0 saturated carbocycles. The number of carboxylic acid groups (broad SMARTS) is 1. The minimum Gasteiger partial charge on any atom is -0.494 e. The van der Waals surface area contributed by atoms with Gasteiger partial charge in [-0.15, -0.1) is 0 Å². The van der Waals surface area contributed by atoms with Crippen molar-refractivity contribution in [3.63, 3.8) is 0 Å². The largest absolute Gasteiger partial charge is 0.494 e. The normalized spacial score (nSPS) is 11.9. The number of hydrogen-bond donors (Lipinski definition) is 1. The summed E-state index contributed by atoms with van der Waals surface area (Å²) in [7, 11) is 0. The molecule has 1 N–H and O–H groups in total. The number of benzene rings is 3. The standard InChI is InChI=1S/C21H20O4/c1-2-24-18-12-6-4-9-16(18)14-20(21(22)23)25-19-13-7-10-15-8-3-5-11-17(15)19/h3-13,20H,2,14H2,1H3,(H,22,23). The number of para-hydroxylation sites is 1. The summed E-state index contributed by atoms with van der Waals surface area (Å²) in [5, 5.41) is 11.5. The highest BCUT2D eigenvalue weighted by Gasteiger charge is 2.22. The molecule has 0 aliphatic carbocycles. The molecule has 25 heavy (non-hydrogen) atoms. The van der Waals surface area contributed by atoms with E-state index in [0.717, 1.165) is 16.3 Å². The predicted octanol–water partition coefficient (Wildman–Crippen LogP) is 4.31. The minimum atomic E-state index is -1.00. The topological polar surface area (TPSA) is 55.8 Å². The molecular formula is C21H20O4. The van der Waals surface area contributed by atoms with Crippen molar-refractivity contribution in [2.75, 3.05) is 6.61 Å². The van der Waals surface area contributed by atoms with Gasteiger partial charge in [0, 0.05) is 11.8 Å². The van der Waals surface area contributed by atoms with Crippen LogP contribution in [0.3, 0.4) is 0 Å². The molecule has 0 aromatic heterocycles. The van der Waals surface area contributed by atoms with Crippen LogP contribution in [-0.2, 0) is 11.2 Å². The van der Waals surface area contributed by atoms with Crippen molar-refractivity contribution in [2.24, 2.45) is 0 Å². The number of carbonyl (C=O) groups is 1. The van der Waals surface area contributed by atoms with E-state index in [-0.39, 0.29) is 6.42 Å². The average Bonchev–Trinajstić information content (AvgIpc) is 2.63. The van der Waals surface area contributed by atoms with Gasteiger partial charge in [0.2, 0.25) is 0 Å². The maximum atomic E-state index is 11.7. The number of rotatable bonds is 7. The second kappa shape index (κ2) is 7.71. The smallest absolute Gasteiger partial charge is 0.345 e. The van der Waals surface area contributed by atoms with Crippen LogP contribution in [0.2, 0.25) is 0 Å². The molecule has 0 radical (unpaired) electrons. The summed E-state index contributed by atoms with van der Waals surface area (Å²) >= 11 is 0. The molecule has 4 nitrogen and oxygen atoms in total. The molecule has 0 aliphatic heterocycles. The van der Waals surface area contributed by atoms with Gasteiger partial charge in [-0.1, -0.05) is 54.6 Å². The fraction of sp³-hybridized carbons (Fsp3) is 0.190. The van der Waals surface area contributed by atoms with Crippen molar-refractivity contribution >= 4 is 16.7 Å². The average molecular weight is 336 g/mol. The van der Waals surface area contributed by atoms with Crippen LogP contribution < -0.4 is 9.47 Å². The second-order valence-corrected chi connectivity index (χ2v) is 5.67. The molecule has 0 spiro atoms. The molecule has 128 valence electrons. The van der Waals surface area contributed by atoms with Crippen LogP contribution in [0.1, 0.15) is 12.5 Å². The summed E-state index contributed by atoms with van der Waals surface area (Å²) in [5.41, 5.74) is 0.817. The van der Waals surface area contributed by atoms with Crippen LogP contribution in [0.25, 0.3) is 10.8 Å². The molecule has 3 aromatic rings.